The number of nitro benzene ring substituents is 1. The Morgan fingerprint density at radius 1 is 1.43 bits per heavy atom. The van der Waals surface area contributed by atoms with Gasteiger partial charge in [0.15, 0.2) is 0 Å². The lowest BCUT2D eigenvalue weighted by atomic mass is 9.98. The highest BCUT2D eigenvalue weighted by Gasteiger charge is 2.13. The molecule has 0 saturated heterocycles. The van der Waals surface area contributed by atoms with Gasteiger partial charge in [-0.1, -0.05) is 38.5 Å². The van der Waals surface area contributed by atoms with Crippen LogP contribution in [0.4, 0.5) is 5.69 Å². The molecule has 0 aromatic heterocycles. The number of hydrogen-bond donors (Lipinski definition) is 0. The van der Waals surface area contributed by atoms with E-state index in [0.29, 0.717) is 5.92 Å². The van der Waals surface area contributed by atoms with Crippen LogP contribution in [-0.2, 0) is 6.42 Å². The van der Waals surface area contributed by atoms with E-state index in [2.05, 4.69) is 13.8 Å². The van der Waals surface area contributed by atoms with Crippen LogP contribution in [0.15, 0.2) is 24.3 Å². The van der Waals surface area contributed by atoms with Crippen molar-refractivity contribution < 1.29 is 4.92 Å². The Bertz CT molecular complexity index is 323. The van der Waals surface area contributed by atoms with E-state index in [-0.39, 0.29) is 10.6 Å². The maximum Gasteiger partial charge on any atom is 0.272 e. The maximum atomic E-state index is 10.7. The first kappa shape index (κ1) is 10.7. The van der Waals surface area contributed by atoms with Gasteiger partial charge in [0.25, 0.3) is 5.69 Å². The van der Waals surface area contributed by atoms with Gasteiger partial charge in [0.05, 0.1) is 4.92 Å². The number of nitro groups is 1. The molecular weight excluding hydrogens is 178 g/mol. The molecule has 0 aliphatic heterocycles. The van der Waals surface area contributed by atoms with E-state index >= 15 is 0 Å². The summed E-state index contributed by atoms with van der Waals surface area (Å²) < 4.78 is 0. The highest BCUT2D eigenvalue weighted by Crippen LogP contribution is 2.21. The molecule has 0 N–H and O–H groups in total. The molecule has 0 fully saturated rings. The van der Waals surface area contributed by atoms with Crippen LogP contribution in [0.1, 0.15) is 25.8 Å². The second-order valence-corrected chi connectivity index (χ2v) is 3.60. The van der Waals surface area contributed by atoms with E-state index in [0.717, 1.165) is 18.4 Å². The smallest absolute Gasteiger partial charge is 0.258 e. The summed E-state index contributed by atoms with van der Waals surface area (Å²) in [6.07, 6.45) is 1.83. The summed E-state index contributed by atoms with van der Waals surface area (Å²) >= 11 is 0. The third kappa shape index (κ3) is 2.55. The third-order valence-electron chi connectivity index (χ3n) is 2.45. The molecule has 1 aromatic rings. The van der Waals surface area contributed by atoms with E-state index in [1.54, 1.807) is 12.1 Å². The van der Waals surface area contributed by atoms with Crippen molar-refractivity contribution in [2.45, 2.75) is 26.7 Å². The maximum absolute atomic E-state index is 10.7. The minimum Gasteiger partial charge on any atom is -0.258 e. The molecule has 0 aliphatic rings. The molecule has 0 heterocycles. The molecule has 0 unspecified atom stereocenters. The molecule has 0 saturated carbocycles. The molecule has 1 rings (SSSR count). The predicted molar refractivity (Wildman–Crippen MR) is 56.3 cm³/mol. The number of rotatable bonds is 4. The van der Waals surface area contributed by atoms with Gasteiger partial charge in [-0.15, -0.1) is 0 Å². The van der Waals surface area contributed by atoms with Crippen LogP contribution in [-0.4, -0.2) is 4.92 Å². The number of hydrogen-bond acceptors (Lipinski definition) is 2. The van der Waals surface area contributed by atoms with Crippen molar-refractivity contribution in [2.75, 3.05) is 0 Å². The van der Waals surface area contributed by atoms with Gasteiger partial charge in [0, 0.05) is 11.6 Å². The monoisotopic (exact) mass is 193 g/mol. The molecule has 0 amide bonds. The van der Waals surface area contributed by atoms with E-state index in [1.165, 1.54) is 0 Å². The quantitative estimate of drug-likeness (QED) is 0.544. The molecule has 3 heteroatoms. The summed E-state index contributed by atoms with van der Waals surface area (Å²) in [7, 11) is 0. The molecule has 3 nitrogen and oxygen atoms in total. The van der Waals surface area contributed by atoms with Crippen LogP contribution in [0.5, 0.6) is 0 Å². The van der Waals surface area contributed by atoms with Gasteiger partial charge in [-0.3, -0.25) is 10.1 Å². The fourth-order valence-corrected chi connectivity index (χ4v) is 1.38. The van der Waals surface area contributed by atoms with Crippen LogP contribution >= 0.6 is 0 Å². The van der Waals surface area contributed by atoms with Crippen molar-refractivity contribution >= 4 is 5.69 Å². The second-order valence-electron chi connectivity index (χ2n) is 3.60. The predicted octanol–water partition coefficient (Wildman–Crippen LogP) is 3.18. The molecule has 14 heavy (non-hydrogen) atoms. The van der Waals surface area contributed by atoms with Crippen molar-refractivity contribution in [3.8, 4) is 0 Å². The number of para-hydroxylation sites is 1. The minimum atomic E-state index is -0.308. The Morgan fingerprint density at radius 3 is 2.64 bits per heavy atom. The lowest BCUT2D eigenvalue weighted by Crippen LogP contribution is -2.01. The Balaban J connectivity index is 2.90. The van der Waals surface area contributed by atoms with Crippen molar-refractivity contribution in [3.05, 3.63) is 39.9 Å². The first-order chi connectivity index (χ1) is 6.65. The molecule has 0 radical (unpaired) electrons. The van der Waals surface area contributed by atoms with Crippen LogP contribution in [0.25, 0.3) is 0 Å². The SMILES string of the molecule is CC[C@H](C)Cc1ccccc1[N+](=O)[O-]. The van der Waals surface area contributed by atoms with Crippen LogP contribution in [0.3, 0.4) is 0 Å². The summed E-state index contributed by atoms with van der Waals surface area (Å²) in [6.45, 7) is 4.20. The first-order valence-corrected chi connectivity index (χ1v) is 4.87. The number of benzene rings is 1. The van der Waals surface area contributed by atoms with Crippen LogP contribution < -0.4 is 0 Å². The zero-order valence-electron chi connectivity index (χ0n) is 8.56. The summed E-state index contributed by atoms with van der Waals surface area (Å²) in [5.74, 6) is 0.496. The summed E-state index contributed by atoms with van der Waals surface area (Å²) in [6, 6.07) is 6.96. The zero-order valence-corrected chi connectivity index (χ0v) is 8.56. The highest BCUT2D eigenvalue weighted by molar-refractivity contribution is 5.39. The fraction of sp³-hybridized carbons (Fsp3) is 0.455. The highest BCUT2D eigenvalue weighted by atomic mass is 16.6. The standard InChI is InChI=1S/C11H15NO2/c1-3-9(2)8-10-6-4-5-7-11(10)12(13)14/h4-7,9H,3,8H2,1-2H3/t9-/m0/s1. The average Bonchev–Trinajstić information content (AvgIpc) is 2.18. The van der Waals surface area contributed by atoms with Crippen molar-refractivity contribution in [2.24, 2.45) is 5.92 Å². The fourth-order valence-electron chi connectivity index (χ4n) is 1.38. The molecule has 1 aromatic carbocycles. The van der Waals surface area contributed by atoms with Gasteiger partial charge >= 0.3 is 0 Å². The lowest BCUT2D eigenvalue weighted by molar-refractivity contribution is -0.385. The molecule has 0 aliphatic carbocycles. The Morgan fingerprint density at radius 2 is 2.07 bits per heavy atom. The minimum absolute atomic E-state index is 0.243. The molecule has 76 valence electrons. The van der Waals surface area contributed by atoms with Crippen LogP contribution in [0, 0.1) is 16.0 Å². The van der Waals surface area contributed by atoms with Gasteiger partial charge in [-0.25, -0.2) is 0 Å². The second kappa shape index (κ2) is 4.74. The summed E-state index contributed by atoms with van der Waals surface area (Å²) in [5.41, 5.74) is 1.08. The van der Waals surface area contributed by atoms with Gasteiger partial charge in [0.1, 0.15) is 0 Å². The Hall–Kier alpha value is -1.38. The third-order valence-corrected chi connectivity index (χ3v) is 2.45. The number of nitrogens with zero attached hydrogens (tertiary/aromatic N) is 1. The van der Waals surface area contributed by atoms with E-state index in [4.69, 9.17) is 0 Å². The van der Waals surface area contributed by atoms with Crippen molar-refractivity contribution in [1.29, 1.82) is 0 Å². The van der Waals surface area contributed by atoms with E-state index in [1.807, 2.05) is 12.1 Å². The normalized spacial score (nSPS) is 12.4. The Kier molecular flexibility index (Phi) is 3.63. The van der Waals surface area contributed by atoms with Crippen molar-refractivity contribution in [1.82, 2.24) is 0 Å². The largest absolute Gasteiger partial charge is 0.272 e. The molecule has 0 bridgehead atoms. The van der Waals surface area contributed by atoms with Crippen LogP contribution in [0.2, 0.25) is 0 Å². The van der Waals surface area contributed by atoms with Gasteiger partial charge in [-0.2, -0.15) is 0 Å². The zero-order chi connectivity index (χ0) is 10.6. The van der Waals surface area contributed by atoms with Gasteiger partial charge < -0.3 is 0 Å². The van der Waals surface area contributed by atoms with Crippen molar-refractivity contribution in [3.63, 3.8) is 0 Å². The summed E-state index contributed by atoms with van der Waals surface area (Å²) in [4.78, 5) is 10.4. The first-order valence-electron chi connectivity index (χ1n) is 4.87. The Labute approximate surface area is 83.9 Å². The molecule has 1 atom stereocenters. The van der Waals surface area contributed by atoms with E-state index in [9.17, 15) is 10.1 Å². The lowest BCUT2D eigenvalue weighted by Gasteiger charge is -2.08. The topological polar surface area (TPSA) is 43.1 Å². The molecular formula is C11H15NO2. The van der Waals surface area contributed by atoms with Gasteiger partial charge in [-0.05, 0) is 12.3 Å². The van der Waals surface area contributed by atoms with Gasteiger partial charge in [0.2, 0.25) is 0 Å². The molecule has 0 spiro atoms. The average molecular weight is 193 g/mol. The van der Waals surface area contributed by atoms with E-state index < -0.39 is 0 Å². The summed E-state index contributed by atoms with van der Waals surface area (Å²) in [5, 5.41) is 10.7.